The summed E-state index contributed by atoms with van der Waals surface area (Å²) in [4.78, 5) is 27.1. The highest BCUT2D eigenvalue weighted by molar-refractivity contribution is 14.1. The van der Waals surface area contributed by atoms with Crippen molar-refractivity contribution in [1.29, 1.82) is 0 Å². The summed E-state index contributed by atoms with van der Waals surface area (Å²) in [6.07, 6.45) is 4.08. The van der Waals surface area contributed by atoms with Gasteiger partial charge in [0.15, 0.2) is 5.78 Å². The van der Waals surface area contributed by atoms with Gasteiger partial charge in [-0.25, -0.2) is 15.0 Å². The number of esters is 1. The second-order valence-corrected chi connectivity index (χ2v) is 10.9. The van der Waals surface area contributed by atoms with Crippen molar-refractivity contribution in [2.24, 2.45) is 23.4 Å². The Bertz CT molecular complexity index is 966. The van der Waals surface area contributed by atoms with Crippen molar-refractivity contribution < 1.29 is 18.7 Å². The van der Waals surface area contributed by atoms with Crippen molar-refractivity contribution in [3.63, 3.8) is 0 Å². The van der Waals surface area contributed by atoms with E-state index in [1.54, 1.807) is 20.0 Å². The molecule has 0 aromatic heterocycles. The number of hydrazine groups is 1. The second kappa shape index (κ2) is 15.0. The molecule has 0 amide bonds. The highest BCUT2D eigenvalue weighted by Gasteiger charge is 2.27. The number of ether oxygens (including phenoxy) is 1. The Morgan fingerprint density at radius 3 is 2.59 bits per heavy atom. The molecule has 2 fully saturated rings. The Labute approximate surface area is 233 Å². The van der Waals surface area contributed by atoms with Crippen molar-refractivity contribution >= 4 is 45.7 Å². The predicted octanol–water partition coefficient (Wildman–Crippen LogP) is 3.11. The molecule has 2 aliphatic heterocycles. The summed E-state index contributed by atoms with van der Waals surface area (Å²) >= 11 is 2.13. The third-order valence-corrected chi connectivity index (χ3v) is 6.60. The van der Waals surface area contributed by atoms with Crippen molar-refractivity contribution in [2.45, 2.75) is 33.1 Å². The summed E-state index contributed by atoms with van der Waals surface area (Å²) in [7, 11) is 1.56. The fourth-order valence-corrected chi connectivity index (χ4v) is 4.53. The number of nitrogens with zero attached hydrogens (tertiary/aromatic N) is 3. The number of hydrogen-bond donors (Lipinski definition) is 3. The molecule has 0 spiro atoms. The van der Waals surface area contributed by atoms with Gasteiger partial charge in [0.1, 0.15) is 11.5 Å². The minimum Gasteiger partial charge on any atom is -0.461 e. The van der Waals surface area contributed by atoms with Crippen LogP contribution in [-0.2, 0) is 14.3 Å². The van der Waals surface area contributed by atoms with E-state index in [9.17, 15) is 14.0 Å². The Hall–Kier alpha value is -2.54. The summed E-state index contributed by atoms with van der Waals surface area (Å²) in [6, 6.07) is 5.42. The molecule has 0 bridgehead atoms. The number of anilines is 2. The fraction of sp³-hybridized carbons (Fsp3) is 0.538. The van der Waals surface area contributed by atoms with Gasteiger partial charge in [0.2, 0.25) is 0 Å². The second-order valence-electron chi connectivity index (χ2n) is 9.55. The fourth-order valence-electron chi connectivity index (χ4n) is 4.31. The van der Waals surface area contributed by atoms with E-state index >= 15 is 0 Å². The highest BCUT2D eigenvalue weighted by atomic mass is 127. The molecule has 2 heterocycles. The lowest BCUT2D eigenvalue weighted by molar-refractivity contribution is -0.138. The standard InChI is InChI=1S/C20H27FIN3O.C6H13N3O2/c1-14-5-7-24(8-6-14)20-4-3-17(10-19(20)21)25-12-16(9-18(26)13-25)11-23-15(2)22;1-3-11-6(10)5(7)4-9(2)8/h3-4,10,14,16,23H,2,5-9,11-13H2,1H3;4H,3,7-8H2,1-2H3/b;5-4-. The summed E-state index contributed by atoms with van der Waals surface area (Å²) in [5.41, 5.74) is 6.74. The van der Waals surface area contributed by atoms with Crippen LogP contribution in [0.2, 0.25) is 0 Å². The molecule has 1 unspecified atom stereocenters. The lowest BCUT2D eigenvalue weighted by Crippen LogP contribution is -2.44. The topological polar surface area (TPSA) is 117 Å². The normalized spacial score (nSPS) is 18.6. The summed E-state index contributed by atoms with van der Waals surface area (Å²) in [5.74, 6) is 5.60. The number of rotatable bonds is 8. The van der Waals surface area contributed by atoms with Crippen LogP contribution in [0.15, 0.2) is 40.4 Å². The number of ketones is 1. The molecule has 0 aliphatic carbocycles. The minimum absolute atomic E-state index is 0.00292. The van der Waals surface area contributed by atoms with Gasteiger partial charge >= 0.3 is 5.97 Å². The maximum absolute atomic E-state index is 14.8. The van der Waals surface area contributed by atoms with Crippen molar-refractivity contribution in [1.82, 2.24) is 10.3 Å². The van der Waals surface area contributed by atoms with E-state index in [4.69, 9.17) is 11.6 Å². The van der Waals surface area contributed by atoms with E-state index in [1.165, 1.54) is 11.2 Å². The van der Waals surface area contributed by atoms with Crippen LogP contribution in [0.25, 0.3) is 0 Å². The Kier molecular flexibility index (Phi) is 12.4. The van der Waals surface area contributed by atoms with Gasteiger partial charge in [-0.1, -0.05) is 13.5 Å². The molecular weight excluding hydrogens is 590 g/mol. The Morgan fingerprint density at radius 1 is 1.35 bits per heavy atom. The van der Waals surface area contributed by atoms with Crippen LogP contribution in [0.5, 0.6) is 0 Å². The van der Waals surface area contributed by atoms with E-state index in [1.807, 2.05) is 17.0 Å². The highest BCUT2D eigenvalue weighted by Crippen LogP contribution is 2.30. The van der Waals surface area contributed by atoms with Gasteiger partial charge in [0.05, 0.1) is 22.5 Å². The van der Waals surface area contributed by atoms with Crippen molar-refractivity contribution in [3.05, 3.63) is 46.2 Å². The molecule has 1 aromatic carbocycles. The number of nitrogens with one attached hydrogen (secondary N) is 1. The lowest BCUT2D eigenvalue weighted by Gasteiger charge is -2.35. The number of nitrogens with two attached hydrogens (primary N) is 2. The van der Waals surface area contributed by atoms with Crippen LogP contribution in [0.1, 0.15) is 33.1 Å². The Morgan fingerprint density at radius 2 is 2.03 bits per heavy atom. The van der Waals surface area contributed by atoms with Crippen LogP contribution in [0.3, 0.4) is 0 Å². The molecule has 9 nitrogen and oxygen atoms in total. The smallest absolute Gasteiger partial charge is 0.355 e. The molecule has 37 heavy (non-hydrogen) atoms. The maximum atomic E-state index is 14.8. The largest absolute Gasteiger partial charge is 0.461 e. The van der Waals surface area contributed by atoms with Gasteiger partial charge in [-0.05, 0) is 66.5 Å². The summed E-state index contributed by atoms with van der Waals surface area (Å²) in [5, 5.41) is 4.39. The minimum atomic E-state index is -0.551. The molecule has 1 aromatic rings. The van der Waals surface area contributed by atoms with E-state index in [0.717, 1.165) is 54.3 Å². The first-order chi connectivity index (χ1) is 17.5. The number of benzene rings is 1. The summed E-state index contributed by atoms with van der Waals surface area (Å²) < 4.78 is 20.2. The number of carbonyl (C=O) groups is 2. The number of hydrogen-bond acceptors (Lipinski definition) is 9. The van der Waals surface area contributed by atoms with Gasteiger partial charge in [-0.3, -0.25) is 4.79 Å². The zero-order valence-corrected chi connectivity index (χ0v) is 24.2. The molecular formula is C26H40FIN6O3. The molecule has 2 saturated heterocycles. The van der Waals surface area contributed by atoms with Crippen LogP contribution in [0.4, 0.5) is 15.8 Å². The van der Waals surface area contributed by atoms with E-state index in [-0.39, 0.29) is 23.2 Å². The number of carbonyl (C=O) groups excluding carboxylic acids is 2. The molecule has 5 N–H and O–H groups in total. The monoisotopic (exact) mass is 630 g/mol. The maximum Gasteiger partial charge on any atom is 0.355 e. The van der Waals surface area contributed by atoms with Crippen LogP contribution < -0.4 is 26.7 Å². The first kappa shape index (κ1) is 30.7. The molecule has 2 aliphatic rings. The molecule has 0 radical (unpaired) electrons. The molecule has 11 heteroatoms. The van der Waals surface area contributed by atoms with Crippen LogP contribution in [-0.4, -0.2) is 63.1 Å². The molecule has 1 atom stereocenters. The van der Waals surface area contributed by atoms with Crippen molar-refractivity contribution in [3.8, 4) is 0 Å². The molecule has 3 rings (SSSR count). The average molecular weight is 631 g/mol. The predicted molar refractivity (Wildman–Crippen MR) is 154 cm³/mol. The third kappa shape index (κ3) is 10.4. The van der Waals surface area contributed by atoms with E-state index in [0.29, 0.717) is 25.3 Å². The average Bonchev–Trinajstić information content (AvgIpc) is 2.83. The molecule has 0 saturated carbocycles. The van der Waals surface area contributed by atoms with E-state index < -0.39 is 5.97 Å². The quantitative estimate of drug-likeness (QED) is 0.0996. The van der Waals surface area contributed by atoms with E-state index in [2.05, 4.69) is 51.0 Å². The number of piperidine rings is 2. The van der Waals surface area contributed by atoms with Gasteiger partial charge in [0, 0.05) is 57.5 Å². The third-order valence-electron chi connectivity index (χ3n) is 6.22. The zero-order chi connectivity index (χ0) is 27.5. The first-order valence-electron chi connectivity index (χ1n) is 12.5. The van der Waals surface area contributed by atoms with Crippen LogP contribution in [0, 0.1) is 17.7 Å². The SMILES string of the molecule is C=C(I)NCC1CC(=O)CN(c2ccc(N3CCC(C)CC3)c(F)c2)C1.CCOC(=O)/C(N)=C/N(C)N. The molecule has 206 valence electrons. The summed E-state index contributed by atoms with van der Waals surface area (Å²) in [6.45, 7) is 11.7. The van der Waals surface area contributed by atoms with Crippen molar-refractivity contribution in [2.75, 3.05) is 56.2 Å². The van der Waals surface area contributed by atoms with Gasteiger partial charge in [-0.2, -0.15) is 0 Å². The lowest BCUT2D eigenvalue weighted by atomic mass is 9.96. The number of halogens is 2. The van der Waals surface area contributed by atoms with Gasteiger partial charge in [-0.15, -0.1) is 0 Å². The van der Waals surface area contributed by atoms with Gasteiger partial charge < -0.3 is 30.6 Å². The van der Waals surface area contributed by atoms with Gasteiger partial charge in [0.25, 0.3) is 0 Å². The number of Topliss-reactive ketones (excluding diaryl/α,β-unsaturated/α-hetero) is 1. The zero-order valence-electron chi connectivity index (χ0n) is 22.0. The Balaban J connectivity index is 0.000000371. The first-order valence-corrected chi connectivity index (χ1v) is 13.6. The van der Waals surface area contributed by atoms with Crippen LogP contribution >= 0.6 is 22.6 Å².